The molecule has 124 valence electrons. The molecule has 0 aliphatic heterocycles. The Labute approximate surface area is 150 Å². The number of hydrogen-bond acceptors (Lipinski definition) is 2. The molecule has 1 unspecified atom stereocenters. The molecule has 0 amide bonds. The molecule has 25 heavy (non-hydrogen) atoms. The van der Waals surface area contributed by atoms with Crippen LogP contribution in [0.1, 0.15) is 10.8 Å². The van der Waals surface area contributed by atoms with Gasteiger partial charge in [-0.05, 0) is 40.6 Å². The molecule has 0 saturated carbocycles. The highest BCUT2D eigenvalue weighted by Gasteiger charge is 2.17. The first-order valence-electron chi connectivity index (χ1n) is 8.15. The maximum atomic E-state index is 13.2. The average Bonchev–Trinajstić information content (AvgIpc) is 3.16. The van der Waals surface area contributed by atoms with Gasteiger partial charge in [0.05, 0.1) is 11.6 Å². The number of halogens is 1. The van der Waals surface area contributed by atoms with Crippen LogP contribution < -0.4 is 0 Å². The monoisotopic (exact) mass is 348 g/mol. The van der Waals surface area contributed by atoms with Crippen LogP contribution in [0.2, 0.25) is 0 Å². The third-order valence-electron chi connectivity index (χ3n) is 4.20. The summed E-state index contributed by atoms with van der Waals surface area (Å²) in [6, 6.07) is 21.6. The van der Waals surface area contributed by atoms with Gasteiger partial charge in [0, 0.05) is 23.8 Å². The Morgan fingerprint density at radius 3 is 2.56 bits per heavy atom. The van der Waals surface area contributed by atoms with Crippen LogP contribution in [0.5, 0.6) is 0 Å². The van der Waals surface area contributed by atoms with Crippen molar-refractivity contribution in [3.63, 3.8) is 0 Å². The first-order chi connectivity index (χ1) is 12.3. The van der Waals surface area contributed by atoms with Crippen molar-refractivity contribution in [1.29, 1.82) is 0 Å². The smallest absolute Gasteiger partial charge is 0.123 e. The van der Waals surface area contributed by atoms with Gasteiger partial charge in [0.1, 0.15) is 5.82 Å². The van der Waals surface area contributed by atoms with Gasteiger partial charge < -0.3 is 4.57 Å². The lowest BCUT2D eigenvalue weighted by atomic mass is 10.0. The molecule has 2 nitrogen and oxygen atoms in total. The highest BCUT2D eigenvalue weighted by molar-refractivity contribution is 7.99. The van der Waals surface area contributed by atoms with E-state index < -0.39 is 0 Å². The number of benzene rings is 3. The van der Waals surface area contributed by atoms with Gasteiger partial charge in [-0.3, -0.25) is 0 Å². The van der Waals surface area contributed by atoms with Crippen LogP contribution in [-0.4, -0.2) is 9.55 Å². The molecule has 0 aliphatic carbocycles. The van der Waals surface area contributed by atoms with E-state index in [2.05, 4.69) is 52.0 Å². The number of rotatable bonds is 5. The zero-order valence-corrected chi connectivity index (χ0v) is 14.4. The third-order valence-corrected chi connectivity index (χ3v) is 5.43. The fourth-order valence-electron chi connectivity index (χ4n) is 2.99. The molecule has 0 saturated heterocycles. The Morgan fingerprint density at radius 2 is 1.76 bits per heavy atom. The zero-order chi connectivity index (χ0) is 17.1. The molecule has 1 aromatic heterocycles. The van der Waals surface area contributed by atoms with Crippen LogP contribution in [-0.2, 0) is 6.54 Å². The summed E-state index contributed by atoms with van der Waals surface area (Å²) in [5.74, 6) is -0.208. The standard InChI is InChI=1S/C21H17FN2S/c22-17-8-10-18(11-9-17)25-21(14-24-13-12-23-15-24)20-7-3-5-16-4-1-2-6-19(16)20/h1-13,15,21H,14H2. The van der Waals surface area contributed by atoms with Crippen molar-refractivity contribution in [2.75, 3.05) is 0 Å². The van der Waals surface area contributed by atoms with E-state index in [9.17, 15) is 4.39 Å². The summed E-state index contributed by atoms with van der Waals surface area (Å²) in [5.41, 5.74) is 1.28. The second-order valence-electron chi connectivity index (χ2n) is 5.89. The predicted molar refractivity (Wildman–Crippen MR) is 101 cm³/mol. The molecule has 1 heterocycles. The topological polar surface area (TPSA) is 17.8 Å². The zero-order valence-electron chi connectivity index (χ0n) is 13.5. The summed E-state index contributed by atoms with van der Waals surface area (Å²) >= 11 is 1.75. The van der Waals surface area contributed by atoms with Gasteiger partial charge in [-0.15, -0.1) is 11.8 Å². The molecule has 0 spiro atoms. The third kappa shape index (κ3) is 3.59. The number of thioether (sulfide) groups is 1. The first kappa shape index (κ1) is 15.9. The maximum absolute atomic E-state index is 13.2. The van der Waals surface area contributed by atoms with E-state index in [0.29, 0.717) is 0 Å². The number of hydrogen-bond donors (Lipinski definition) is 0. The van der Waals surface area contributed by atoms with E-state index in [1.165, 1.54) is 28.5 Å². The quantitative estimate of drug-likeness (QED) is 0.430. The van der Waals surface area contributed by atoms with Gasteiger partial charge >= 0.3 is 0 Å². The first-order valence-corrected chi connectivity index (χ1v) is 9.03. The Balaban J connectivity index is 1.74. The number of aromatic nitrogens is 2. The summed E-state index contributed by atoms with van der Waals surface area (Å²) in [7, 11) is 0. The van der Waals surface area contributed by atoms with Gasteiger partial charge in [0.2, 0.25) is 0 Å². The molecule has 0 radical (unpaired) electrons. The normalized spacial score (nSPS) is 12.4. The Morgan fingerprint density at radius 1 is 0.960 bits per heavy atom. The van der Waals surface area contributed by atoms with Gasteiger partial charge in [0.15, 0.2) is 0 Å². The lowest BCUT2D eigenvalue weighted by Gasteiger charge is -2.20. The van der Waals surface area contributed by atoms with Crippen LogP contribution in [0.25, 0.3) is 10.8 Å². The fraction of sp³-hybridized carbons (Fsp3) is 0.0952. The minimum atomic E-state index is -0.208. The molecule has 4 heteroatoms. The van der Waals surface area contributed by atoms with E-state index in [4.69, 9.17) is 0 Å². The SMILES string of the molecule is Fc1ccc(SC(Cn2ccnc2)c2cccc3ccccc23)cc1. The van der Waals surface area contributed by atoms with E-state index in [1.54, 1.807) is 18.0 Å². The van der Waals surface area contributed by atoms with Crippen LogP contribution in [0, 0.1) is 5.82 Å². The number of imidazole rings is 1. The highest BCUT2D eigenvalue weighted by Crippen LogP contribution is 2.39. The van der Waals surface area contributed by atoms with Gasteiger partial charge in [0.25, 0.3) is 0 Å². The van der Waals surface area contributed by atoms with Crippen LogP contribution in [0.15, 0.2) is 90.3 Å². The minimum Gasteiger partial charge on any atom is -0.336 e. The second kappa shape index (κ2) is 7.11. The molecular formula is C21H17FN2S. The molecule has 0 fully saturated rings. The predicted octanol–water partition coefficient (Wildman–Crippen LogP) is 5.71. The summed E-state index contributed by atoms with van der Waals surface area (Å²) in [6.07, 6.45) is 5.61. The summed E-state index contributed by atoms with van der Waals surface area (Å²) in [4.78, 5) is 5.21. The average molecular weight is 348 g/mol. The van der Waals surface area contributed by atoms with Crippen molar-refractivity contribution in [1.82, 2.24) is 9.55 Å². The highest BCUT2D eigenvalue weighted by atomic mass is 32.2. The van der Waals surface area contributed by atoms with Gasteiger partial charge in [-0.2, -0.15) is 0 Å². The Bertz CT molecular complexity index is 960. The lowest BCUT2D eigenvalue weighted by molar-refractivity contribution is 0.626. The minimum absolute atomic E-state index is 0.200. The van der Waals surface area contributed by atoms with E-state index in [1.807, 2.05) is 24.7 Å². The largest absolute Gasteiger partial charge is 0.336 e. The molecular weight excluding hydrogens is 331 g/mol. The molecule has 0 bridgehead atoms. The fourth-order valence-corrected chi connectivity index (χ4v) is 4.19. The van der Waals surface area contributed by atoms with Crippen LogP contribution in [0.4, 0.5) is 4.39 Å². The molecule has 1 atom stereocenters. The van der Waals surface area contributed by atoms with Gasteiger partial charge in [-0.1, -0.05) is 42.5 Å². The van der Waals surface area contributed by atoms with E-state index in [0.717, 1.165) is 11.4 Å². The van der Waals surface area contributed by atoms with Crippen LogP contribution >= 0.6 is 11.8 Å². The van der Waals surface area contributed by atoms with Crippen molar-refractivity contribution in [3.05, 3.63) is 96.8 Å². The van der Waals surface area contributed by atoms with Crippen molar-refractivity contribution in [2.24, 2.45) is 0 Å². The molecule has 0 aliphatic rings. The summed E-state index contributed by atoms with van der Waals surface area (Å²) in [6.45, 7) is 0.802. The van der Waals surface area contributed by atoms with Crippen molar-refractivity contribution < 1.29 is 4.39 Å². The lowest BCUT2D eigenvalue weighted by Crippen LogP contribution is -2.05. The summed E-state index contributed by atoms with van der Waals surface area (Å²) < 4.78 is 15.3. The van der Waals surface area contributed by atoms with Crippen molar-refractivity contribution in [3.8, 4) is 0 Å². The van der Waals surface area contributed by atoms with E-state index in [-0.39, 0.29) is 11.1 Å². The van der Waals surface area contributed by atoms with Crippen molar-refractivity contribution in [2.45, 2.75) is 16.7 Å². The van der Waals surface area contributed by atoms with Crippen molar-refractivity contribution >= 4 is 22.5 Å². The second-order valence-corrected chi connectivity index (χ2v) is 7.16. The van der Waals surface area contributed by atoms with E-state index >= 15 is 0 Å². The van der Waals surface area contributed by atoms with Crippen LogP contribution in [0.3, 0.4) is 0 Å². The Kier molecular flexibility index (Phi) is 4.53. The number of nitrogens with zero attached hydrogens (tertiary/aromatic N) is 2. The van der Waals surface area contributed by atoms with Gasteiger partial charge in [-0.25, -0.2) is 9.37 Å². The maximum Gasteiger partial charge on any atom is 0.123 e. The molecule has 4 aromatic rings. The molecule has 0 N–H and O–H groups in total. The number of fused-ring (bicyclic) bond motifs is 1. The molecule has 3 aromatic carbocycles. The molecule has 4 rings (SSSR count). The Hall–Kier alpha value is -2.59. The summed E-state index contributed by atoms with van der Waals surface area (Å²) in [5, 5.41) is 2.69.